The first kappa shape index (κ1) is 19.5. The minimum Gasteiger partial charge on any atom is -0.441 e. The number of hydrogen-bond acceptors (Lipinski definition) is 6. The van der Waals surface area contributed by atoms with Crippen LogP contribution in [0, 0.1) is 11.3 Å². The van der Waals surface area contributed by atoms with Crippen molar-refractivity contribution in [1.29, 1.82) is 5.26 Å². The molecule has 1 heterocycles. The number of nitrogens with one attached hydrogen (secondary N) is 2. The number of nitrogens with zero attached hydrogens (tertiary/aromatic N) is 2. The molecule has 2 N–H and O–H groups in total. The maximum Gasteiger partial charge on any atom is 0.251 e. The molecular weight excluding hydrogens is 380 g/mol. The molecule has 144 valence electrons. The van der Waals surface area contributed by atoms with Gasteiger partial charge in [-0.2, -0.15) is 5.26 Å². The third-order valence-electron chi connectivity index (χ3n) is 3.92. The smallest absolute Gasteiger partial charge is 0.251 e. The van der Waals surface area contributed by atoms with Crippen molar-refractivity contribution in [3.05, 3.63) is 60.0 Å². The summed E-state index contributed by atoms with van der Waals surface area (Å²) >= 11 is 0. The van der Waals surface area contributed by atoms with E-state index in [2.05, 4.69) is 15.0 Å². The molecule has 0 spiro atoms. The second-order valence-electron chi connectivity index (χ2n) is 5.91. The number of carbonyl (C=O) groups excluding carboxylic acids is 1. The van der Waals surface area contributed by atoms with Gasteiger partial charge in [0.2, 0.25) is 10.0 Å². The standard InChI is InChI=1S/C19H18N4O4S/c20-11-3-12-22-28(25,26)15-8-6-14(7-9-15)19(24)21-13-10-18-23-16-4-1-2-5-17(16)27-18/h1-2,4-9,22H,3,10,12-13H2,(H,21,24). The summed E-state index contributed by atoms with van der Waals surface area (Å²) in [6.45, 7) is 0.373. The summed E-state index contributed by atoms with van der Waals surface area (Å²) in [6, 6.07) is 14.9. The van der Waals surface area contributed by atoms with Gasteiger partial charge in [0.15, 0.2) is 11.5 Å². The Balaban J connectivity index is 1.55. The fourth-order valence-corrected chi connectivity index (χ4v) is 3.55. The lowest BCUT2D eigenvalue weighted by molar-refractivity contribution is 0.0953. The highest BCUT2D eigenvalue weighted by molar-refractivity contribution is 7.89. The number of fused-ring (bicyclic) bond motifs is 1. The zero-order valence-corrected chi connectivity index (χ0v) is 15.7. The molecule has 0 saturated carbocycles. The van der Waals surface area contributed by atoms with Crippen LogP contribution in [0.5, 0.6) is 0 Å². The van der Waals surface area contributed by atoms with Gasteiger partial charge in [0.05, 0.1) is 11.0 Å². The molecule has 0 aliphatic carbocycles. The Hall–Kier alpha value is -3.22. The van der Waals surface area contributed by atoms with E-state index in [1.165, 1.54) is 24.3 Å². The molecule has 0 bridgehead atoms. The number of sulfonamides is 1. The predicted molar refractivity (Wildman–Crippen MR) is 102 cm³/mol. The SMILES string of the molecule is N#CCCNS(=O)(=O)c1ccc(C(=O)NCCc2nc3ccccc3o2)cc1. The van der Waals surface area contributed by atoms with E-state index in [0.717, 1.165) is 5.52 Å². The first-order chi connectivity index (χ1) is 13.5. The lowest BCUT2D eigenvalue weighted by Gasteiger charge is -2.07. The van der Waals surface area contributed by atoms with Crippen molar-refractivity contribution in [2.45, 2.75) is 17.7 Å². The summed E-state index contributed by atoms with van der Waals surface area (Å²) in [5, 5.41) is 11.2. The fraction of sp³-hybridized carbons (Fsp3) is 0.211. The fourth-order valence-electron chi connectivity index (χ4n) is 2.52. The highest BCUT2D eigenvalue weighted by Crippen LogP contribution is 2.15. The van der Waals surface area contributed by atoms with E-state index in [9.17, 15) is 13.2 Å². The zero-order valence-electron chi connectivity index (χ0n) is 14.9. The maximum absolute atomic E-state index is 12.2. The number of nitriles is 1. The van der Waals surface area contributed by atoms with Crippen molar-refractivity contribution in [3.8, 4) is 6.07 Å². The van der Waals surface area contributed by atoms with Crippen LogP contribution >= 0.6 is 0 Å². The Bertz CT molecular complexity index is 1080. The minimum atomic E-state index is -3.69. The van der Waals surface area contributed by atoms with Gasteiger partial charge in [-0.1, -0.05) is 12.1 Å². The molecule has 0 saturated heterocycles. The third kappa shape index (κ3) is 4.73. The van der Waals surface area contributed by atoms with Gasteiger partial charge < -0.3 is 9.73 Å². The van der Waals surface area contributed by atoms with Gasteiger partial charge in [-0.3, -0.25) is 4.79 Å². The van der Waals surface area contributed by atoms with E-state index < -0.39 is 10.0 Å². The van der Waals surface area contributed by atoms with Crippen molar-refractivity contribution in [3.63, 3.8) is 0 Å². The average Bonchev–Trinajstić information content (AvgIpc) is 3.11. The molecule has 0 fully saturated rings. The molecule has 0 aliphatic heterocycles. The van der Waals surface area contributed by atoms with Gasteiger partial charge in [-0.15, -0.1) is 0 Å². The largest absolute Gasteiger partial charge is 0.441 e. The Morgan fingerprint density at radius 3 is 2.57 bits per heavy atom. The van der Waals surface area contributed by atoms with Gasteiger partial charge >= 0.3 is 0 Å². The molecule has 28 heavy (non-hydrogen) atoms. The molecule has 0 atom stereocenters. The number of benzene rings is 2. The van der Waals surface area contributed by atoms with Crippen LogP contribution in [0.2, 0.25) is 0 Å². The van der Waals surface area contributed by atoms with Gasteiger partial charge in [0.1, 0.15) is 5.52 Å². The molecule has 0 unspecified atom stereocenters. The topological polar surface area (TPSA) is 125 Å². The van der Waals surface area contributed by atoms with Crippen molar-refractivity contribution >= 4 is 27.0 Å². The van der Waals surface area contributed by atoms with Crippen molar-refractivity contribution in [1.82, 2.24) is 15.0 Å². The van der Waals surface area contributed by atoms with E-state index in [1.54, 1.807) is 0 Å². The molecular formula is C19H18N4O4S. The number of amides is 1. The summed E-state index contributed by atoms with van der Waals surface area (Å²) in [5.74, 6) is 0.212. The van der Waals surface area contributed by atoms with Gasteiger partial charge in [0, 0.05) is 31.5 Å². The summed E-state index contributed by atoms with van der Waals surface area (Å²) < 4.78 is 32.0. The highest BCUT2D eigenvalue weighted by atomic mass is 32.2. The molecule has 0 aliphatic rings. The molecule has 3 rings (SSSR count). The van der Waals surface area contributed by atoms with Crippen LogP contribution in [0.15, 0.2) is 57.8 Å². The number of oxazole rings is 1. The molecule has 1 amide bonds. The van der Waals surface area contributed by atoms with Gasteiger partial charge in [0.25, 0.3) is 5.91 Å². The molecule has 1 aromatic heterocycles. The third-order valence-corrected chi connectivity index (χ3v) is 5.40. The first-order valence-corrected chi connectivity index (χ1v) is 10.1. The van der Waals surface area contributed by atoms with E-state index in [0.29, 0.717) is 30.0 Å². The molecule has 8 nitrogen and oxygen atoms in total. The second-order valence-corrected chi connectivity index (χ2v) is 7.68. The monoisotopic (exact) mass is 398 g/mol. The lowest BCUT2D eigenvalue weighted by atomic mass is 10.2. The van der Waals surface area contributed by atoms with Crippen LogP contribution in [0.4, 0.5) is 0 Å². The van der Waals surface area contributed by atoms with Crippen LogP contribution in [0.1, 0.15) is 22.7 Å². The van der Waals surface area contributed by atoms with Crippen molar-refractivity contribution in [2.24, 2.45) is 0 Å². The molecule has 2 aromatic carbocycles. The molecule has 0 radical (unpaired) electrons. The van der Waals surface area contributed by atoms with Crippen LogP contribution in [0.25, 0.3) is 11.1 Å². The number of para-hydroxylation sites is 2. The maximum atomic E-state index is 12.2. The number of hydrogen-bond donors (Lipinski definition) is 2. The predicted octanol–water partition coefficient (Wildman–Crippen LogP) is 1.99. The van der Waals surface area contributed by atoms with Crippen molar-refractivity contribution < 1.29 is 17.6 Å². The second kappa shape index (κ2) is 8.65. The number of aromatic nitrogens is 1. The average molecular weight is 398 g/mol. The Morgan fingerprint density at radius 1 is 1.11 bits per heavy atom. The number of carbonyl (C=O) groups is 1. The quantitative estimate of drug-likeness (QED) is 0.559. The summed E-state index contributed by atoms with van der Waals surface area (Å²) in [5.41, 5.74) is 1.81. The lowest BCUT2D eigenvalue weighted by Crippen LogP contribution is -2.26. The van der Waals surface area contributed by atoms with Gasteiger partial charge in [-0.05, 0) is 36.4 Å². The minimum absolute atomic E-state index is 0.0356. The summed E-state index contributed by atoms with van der Waals surface area (Å²) in [7, 11) is -3.69. The van der Waals surface area contributed by atoms with Gasteiger partial charge in [-0.25, -0.2) is 18.1 Å². The zero-order chi connectivity index (χ0) is 20.0. The van der Waals surface area contributed by atoms with E-state index >= 15 is 0 Å². The van der Waals surface area contributed by atoms with Crippen LogP contribution in [-0.2, 0) is 16.4 Å². The van der Waals surface area contributed by atoms with Crippen LogP contribution in [0.3, 0.4) is 0 Å². The normalized spacial score (nSPS) is 11.2. The first-order valence-electron chi connectivity index (χ1n) is 8.59. The van der Waals surface area contributed by atoms with E-state index in [4.69, 9.17) is 9.68 Å². The number of rotatable bonds is 8. The van der Waals surface area contributed by atoms with Crippen molar-refractivity contribution in [2.75, 3.05) is 13.1 Å². The van der Waals surface area contributed by atoms with Crippen LogP contribution in [-0.4, -0.2) is 32.4 Å². The summed E-state index contributed by atoms with van der Waals surface area (Å²) in [6.07, 6.45) is 0.523. The summed E-state index contributed by atoms with van der Waals surface area (Å²) in [4.78, 5) is 16.6. The Labute approximate surface area is 162 Å². The Kier molecular flexibility index (Phi) is 6.03. The highest BCUT2D eigenvalue weighted by Gasteiger charge is 2.14. The van der Waals surface area contributed by atoms with E-state index in [-0.39, 0.29) is 23.8 Å². The van der Waals surface area contributed by atoms with Crippen LogP contribution < -0.4 is 10.0 Å². The van der Waals surface area contributed by atoms with E-state index in [1.807, 2.05) is 30.3 Å². The Morgan fingerprint density at radius 2 is 1.86 bits per heavy atom. The molecule has 9 heteroatoms. The molecule has 3 aromatic rings.